The van der Waals surface area contributed by atoms with Crippen LogP contribution in [0.25, 0.3) is 5.69 Å². The Morgan fingerprint density at radius 3 is 2.56 bits per heavy atom. The van der Waals surface area contributed by atoms with Crippen molar-refractivity contribution in [2.45, 2.75) is 48.3 Å². The first-order chi connectivity index (χ1) is 17.2. The monoisotopic (exact) mass is 513 g/mol. The molecule has 3 atom stereocenters. The van der Waals surface area contributed by atoms with Crippen molar-refractivity contribution in [2.75, 3.05) is 0 Å². The number of nitrogens with one attached hydrogen (secondary N) is 1. The number of sulfonamides is 1. The maximum atomic E-state index is 13.7. The summed E-state index contributed by atoms with van der Waals surface area (Å²) in [4.78, 5) is -0.142. The van der Waals surface area contributed by atoms with Gasteiger partial charge in [0, 0.05) is 36.1 Å². The van der Waals surface area contributed by atoms with E-state index in [1.807, 2.05) is 30.5 Å². The maximum Gasteiger partial charge on any atom is 0.416 e. The van der Waals surface area contributed by atoms with E-state index in [0.717, 1.165) is 46.8 Å². The lowest BCUT2D eigenvalue weighted by Crippen LogP contribution is -2.51. The Labute approximate surface area is 205 Å². The first-order valence-electron chi connectivity index (χ1n) is 11.5. The van der Waals surface area contributed by atoms with E-state index in [4.69, 9.17) is 0 Å². The van der Waals surface area contributed by atoms with Gasteiger partial charge in [0.25, 0.3) is 0 Å². The van der Waals surface area contributed by atoms with Crippen molar-refractivity contribution in [1.82, 2.24) is 24.3 Å². The molecule has 6 rings (SSSR count). The summed E-state index contributed by atoms with van der Waals surface area (Å²) in [6, 6.07) is 12.8. The molecular weight excluding hydrogens is 491 g/mol. The summed E-state index contributed by atoms with van der Waals surface area (Å²) in [5.41, 5.74) is 2.86. The molecule has 0 spiro atoms. The fraction of sp³-hybridized carbons (Fsp3) is 0.280. The van der Waals surface area contributed by atoms with Gasteiger partial charge in [-0.3, -0.25) is 5.10 Å². The smallest absolute Gasteiger partial charge is 0.282 e. The Hall–Kier alpha value is -3.44. The summed E-state index contributed by atoms with van der Waals surface area (Å²) in [7, 11) is -4.04. The third kappa shape index (κ3) is 3.82. The molecule has 3 unspecified atom stereocenters. The van der Waals surface area contributed by atoms with E-state index in [1.165, 1.54) is 4.31 Å². The molecular formula is C25H22F3N5O2S. The zero-order valence-electron chi connectivity index (χ0n) is 18.9. The van der Waals surface area contributed by atoms with Crippen LogP contribution in [0.4, 0.5) is 13.2 Å². The van der Waals surface area contributed by atoms with Crippen molar-refractivity contribution in [3.63, 3.8) is 0 Å². The molecule has 2 aliphatic heterocycles. The second kappa shape index (κ2) is 8.31. The Morgan fingerprint density at radius 1 is 1.03 bits per heavy atom. The zero-order valence-corrected chi connectivity index (χ0v) is 19.7. The van der Waals surface area contributed by atoms with Gasteiger partial charge in [0.15, 0.2) is 0 Å². The predicted octanol–water partition coefficient (Wildman–Crippen LogP) is 4.85. The van der Waals surface area contributed by atoms with Gasteiger partial charge in [0.2, 0.25) is 10.0 Å². The van der Waals surface area contributed by atoms with Crippen LogP contribution in [0.3, 0.4) is 0 Å². The summed E-state index contributed by atoms with van der Waals surface area (Å²) in [5, 5.41) is 11.4. The Kier molecular flexibility index (Phi) is 5.31. The molecule has 0 saturated carbocycles. The van der Waals surface area contributed by atoms with Gasteiger partial charge in [-0.1, -0.05) is 12.1 Å². The molecule has 1 saturated heterocycles. The van der Waals surface area contributed by atoms with Crippen LogP contribution in [-0.4, -0.2) is 38.7 Å². The van der Waals surface area contributed by atoms with Crippen molar-refractivity contribution in [1.29, 1.82) is 0 Å². The number of hydrogen-bond acceptors (Lipinski definition) is 4. The van der Waals surface area contributed by atoms with Gasteiger partial charge in [0.1, 0.15) is 0 Å². The Morgan fingerprint density at radius 2 is 1.83 bits per heavy atom. The number of aromatic amines is 1. The summed E-state index contributed by atoms with van der Waals surface area (Å²) >= 11 is 0. The Bertz CT molecular complexity index is 1500. The number of nitrogens with zero attached hydrogens (tertiary/aromatic N) is 4. The molecule has 11 heteroatoms. The van der Waals surface area contributed by atoms with Gasteiger partial charge in [0.05, 0.1) is 28.4 Å². The van der Waals surface area contributed by atoms with E-state index in [1.54, 1.807) is 17.1 Å². The highest BCUT2D eigenvalue weighted by Crippen LogP contribution is 2.49. The lowest BCUT2D eigenvalue weighted by Gasteiger charge is -2.47. The topological polar surface area (TPSA) is 83.9 Å². The largest absolute Gasteiger partial charge is 0.416 e. The summed E-state index contributed by atoms with van der Waals surface area (Å²) in [6.07, 6.45) is 2.28. The summed E-state index contributed by atoms with van der Waals surface area (Å²) < 4.78 is 69.9. The van der Waals surface area contributed by atoms with Gasteiger partial charge in [-0.05, 0) is 66.8 Å². The van der Waals surface area contributed by atoms with Crippen LogP contribution in [0.15, 0.2) is 78.1 Å². The third-order valence-corrected chi connectivity index (χ3v) is 9.12. The standard InChI is InChI=1S/C25H22F3N5O2S/c26-25(27,28)18-5-7-21(8-6-18)36(34,35)33-20-12-17(13-24(33)22-15-29-31-23(22)14-20)16-3-1-4-19(11-16)32-10-2-9-30-32/h1-11,15,17,20,24H,12-14H2,(H,29,31). The van der Waals surface area contributed by atoms with E-state index >= 15 is 0 Å². The van der Waals surface area contributed by atoms with Gasteiger partial charge in [-0.2, -0.15) is 27.7 Å². The molecule has 0 amide bonds. The summed E-state index contributed by atoms with van der Waals surface area (Å²) in [6.45, 7) is 0. The molecule has 0 aliphatic carbocycles. The van der Waals surface area contributed by atoms with E-state index in [9.17, 15) is 21.6 Å². The van der Waals surface area contributed by atoms with Crippen LogP contribution in [-0.2, 0) is 22.6 Å². The van der Waals surface area contributed by atoms with Crippen LogP contribution in [0.5, 0.6) is 0 Å². The molecule has 4 aromatic rings. The lowest BCUT2D eigenvalue weighted by molar-refractivity contribution is -0.137. The van der Waals surface area contributed by atoms with Crippen molar-refractivity contribution in [3.05, 3.63) is 95.6 Å². The maximum absolute atomic E-state index is 13.7. The van der Waals surface area contributed by atoms with Gasteiger partial charge in [-0.15, -0.1) is 0 Å². The fourth-order valence-corrected chi connectivity index (χ4v) is 7.33. The molecule has 2 aromatic carbocycles. The molecule has 1 fully saturated rings. The van der Waals surface area contributed by atoms with Crippen molar-refractivity contribution in [2.24, 2.45) is 0 Å². The van der Waals surface area contributed by atoms with Crippen molar-refractivity contribution >= 4 is 10.0 Å². The van der Waals surface area contributed by atoms with Crippen LogP contribution < -0.4 is 0 Å². The minimum atomic E-state index is -4.53. The van der Waals surface area contributed by atoms with Crippen molar-refractivity contribution in [3.8, 4) is 5.69 Å². The van der Waals surface area contributed by atoms with Gasteiger partial charge in [-0.25, -0.2) is 13.1 Å². The third-order valence-electron chi connectivity index (χ3n) is 7.15. The van der Waals surface area contributed by atoms with Crippen LogP contribution >= 0.6 is 0 Å². The average Bonchev–Trinajstić information content (AvgIpc) is 3.55. The zero-order chi connectivity index (χ0) is 25.1. The highest BCUT2D eigenvalue weighted by molar-refractivity contribution is 7.89. The first-order valence-corrected chi connectivity index (χ1v) is 13.0. The average molecular weight is 514 g/mol. The van der Waals surface area contributed by atoms with E-state index < -0.39 is 27.8 Å². The van der Waals surface area contributed by atoms with Crippen molar-refractivity contribution < 1.29 is 21.6 Å². The van der Waals surface area contributed by atoms with Crippen LogP contribution in [0, 0.1) is 0 Å². The van der Waals surface area contributed by atoms with E-state index in [-0.39, 0.29) is 16.9 Å². The number of piperidine rings is 1. The minimum absolute atomic E-state index is 0.0950. The highest BCUT2D eigenvalue weighted by Gasteiger charge is 2.48. The molecule has 0 radical (unpaired) electrons. The first kappa shape index (κ1) is 23.0. The Balaban J connectivity index is 1.36. The second-order valence-electron chi connectivity index (χ2n) is 9.25. The van der Waals surface area contributed by atoms with E-state index in [2.05, 4.69) is 21.4 Å². The molecule has 1 N–H and O–H groups in total. The molecule has 186 valence electrons. The number of aromatic nitrogens is 4. The number of halogens is 3. The molecule has 2 bridgehead atoms. The number of benzene rings is 2. The lowest BCUT2D eigenvalue weighted by atomic mass is 9.76. The number of fused-ring (bicyclic) bond motifs is 4. The number of H-pyrrole nitrogens is 1. The van der Waals surface area contributed by atoms with Crippen LogP contribution in [0.2, 0.25) is 0 Å². The molecule has 2 aliphatic rings. The van der Waals surface area contributed by atoms with E-state index in [0.29, 0.717) is 19.3 Å². The van der Waals surface area contributed by atoms with Crippen LogP contribution in [0.1, 0.15) is 47.2 Å². The fourth-order valence-electron chi connectivity index (χ4n) is 5.52. The normalized spacial score (nSPS) is 22.4. The van der Waals surface area contributed by atoms with Gasteiger partial charge >= 0.3 is 6.18 Å². The molecule has 2 aromatic heterocycles. The number of rotatable bonds is 4. The second-order valence-corrected chi connectivity index (χ2v) is 11.1. The quantitative estimate of drug-likeness (QED) is 0.423. The highest BCUT2D eigenvalue weighted by atomic mass is 32.2. The SMILES string of the molecule is O=S(=O)(c1ccc(C(F)(F)F)cc1)N1C2Cc3[nH]ncc3C1CC(c1cccc(-n3cccn3)c1)C2. The number of hydrogen-bond donors (Lipinski definition) is 1. The number of alkyl halides is 3. The minimum Gasteiger partial charge on any atom is -0.282 e. The molecule has 36 heavy (non-hydrogen) atoms. The molecule has 4 heterocycles. The predicted molar refractivity (Wildman–Crippen MR) is 125 cm³/mol. The van der Waals surface area contributed by atoms with Gasteiger partial charge < -0.3 is 0 Å². The summed E-state index contributed by atoms with van der Waals surface area (Å²) in [5.74, 6) is 0.0950. The molecule has 7 nitrogen and oxygen atoms in total.